The molecule has 0 bridgehead atoms. The lowest BCUT2D eigenvalue weighted by Gasteiger charge is -2.07. The van der Waals surface area contributed by atoms with Crippen LogP contribution < -0.4 is 11.1 Å². The molecule has 0 heterocycles. The van der Waals surface area contributed by atoms with Gasteiger partial charge in [-0.2, -0.15) is 5.26 Å². The molecule has 0 radical (unpaired) electrons. The molecule has 2 aromatic carbocycles. The van der Waals surface area contributed by atoms with Crippen molar-refractivity contribution in [2.45, 2.75) is 4.90 Å². The van der Waals surface area contributed by atoms with Crippen molar-refractivity contribution >= 4 is 29.0 Å². The van der Waals surface area contributed by atoms with Crippen LogP contribution in [0, 0.1) is 11.3 Å². The topological polar surface area (TPSA) is 78.9 Å². The number of benzene rings is 2. The number of thioether (sulfide) groups is 1. The molecule has 0 aliphatic heterocycles. The van der Waals surface area contributed by atoms with E-state index in [0.717, 1.165) is 4.90 Å². The maximum Gasteiger partial charge on any atom is 0.234 e. The van der Waals surface area contributed by atoms with Gasteiger partial charge in [0.1, 0.15) is 6.07 Å². The summed E-state index contributed by atoms with van der Waals surface area (Å²) in [6, 6.07) is 16.3. The van der Waals surface area contributed by atoms with Gasteiger partial charge < -0.3 is 11.1 Å². The summed E-state index contributed by atoms with van der Waals surface area (Å²) in [4.78, 5) is 12.8. The van der Waals surface area contributed by atoms with Gasteiger partial charge in [0.25, 0.3) is 0 Å². The van der Waals surface area contributed by atoms with Gasteiger partial charge in [-0.05, 0) is 30.3 Å². The Morgan fingerprint density at radius 2 is 2.05 bits per heavy atom. The zero-order valence-corrected chi connectivity index (χ0v) is 11.5. The quantitative estimate of drug-likeness (QED) is 0.668. The van der Waals surface area contributed by atoms with Crippen molar-refractivity contribution in [1.82, 2.24) is 0 Å². The van der Waals surface area contributed by atoms with E-state index in [2.05, 4.69) is 5.32 Å². The van der Waals surface area contributed by atoms with Crippen LogP contribution in [0.15, 0.2) is 53.4 Å². The van der Waals surface area contributed by atoms with Crippen molar-refractivity contribution in [2.24, 2.45) is 0 Å². The minimum Gasteiger partial charge on any atom is -0.399 e. The number of carbonyl (C=O) groups excluding carboxylic acids is 1. The second-order valence-electron chi connectivity index (χ2n) is 4.07. The van der Waals surface area contributed by atoms with Crippen LogP contribution in [0.3, 0.4) is 0 Å². The number of nitrogens with zero attached hydrogens (tertiary/aromatic N) is 1. The molecule has 4 nitrogen and oxygen atoms in total. The summed E-state index contributed by atoms with van der Waals surface area (Å²) >= 11 is 1.40. The molecule has 0 fully saturated rings. The summed E-state index contributed by atoms with van der Waals surface area (Å²) in [7, 11) is 0. The monoisotopic (exact) mass is 283 g/mol. The Bertz CT molecular complexity index is 664. The van der Waals surface area contributed by atoms with E-state index in [4.69, 9.17) is 11.0 Å². The number of hydrogen-bond donors (Lipinski definition) is 2. The number of nitrogen functional groups attached to an aromatic ring is 1. The summed E-state index contributed by atoms with van der Waals surface area (Å²) in [5.41, 5.74) is 7.34. The average molecular weight is 283 g/mol. The number of para-hydroxylation sites is 1. The maximum absolute atomic E-state index is 11.9. The van der Waals surface area contributed by atoms with E-state index >= 15 is 0 Å². The van der Waals surface area contributed by atoms with Gasteiger partial charge in [-0.15, -0.1) is 11.8 Å². The minimum absolute atomic E-state index is 0.153. The van der Waals surface area contributed by atoms with Crippen LogP contribution in [0.5, 0.6) is 0 Å². The minimum atomic E-state index is -0.153. The van der Waals surface area contributed by atoms with Crippen molar-refractivity contribution < 1.29 is 4.79 Å². The van der Waals surface area contributed by atoms with Gasteiger partial charge in [-0.25, -0.2) is 0 Å². The second kappa shape index (κ2) is 6.64. The van der Waals surface area contributed by atoms with Crippen LogP contribution in [0.4, 0.5) is 11.4 Å². The Balaban J connectivity index is 1.95. The van der Waals surface area contributed by atoms with Gasteiger partial charge in [0.05, 0.1) is 17.0 Å². The Hall–Kier alpha value is -2.45. The molecule has 2 rings (SSSR count). The van der Waals surface area contributed by atoms with E-state index in [-0.39, 0.29) is 11.7 Å². The van der Waals surface area contributed by atoms with E-state index in [0.29, 0.717) is 16.9 Å². The highest BCUT2D eigenvalue weighted by atomic mass is 32.2. The van der Waals surface area contributed by atoms with Crippen LogP contribution >= 0.6 is 11.8 Å². The highest BCUT2D eigenvalue weighted by Crippen LogP contribution is 2.21. The molecule has 0 saturated heterocycles. The highest BCUT2D eigenvalue weighted by molar-refractivity contribution is 8.00. The Morgan fingerprint density at radius 3 is 2.80 bits per heavy atom. The molecule has 3 N–H and O–H groups in total. The Labute approximate surface area is 121 Å². The molecule has 0 aliphatic rings. The predicted octanol–water partition coefficient (Wildman–Crippen LogP) is 2.87. The lowest BCUT2D eigenvalue weighted by atomic mass is 10.2. The average Bonchev–Trinajstić information content (AvgIpc) is 2.46. The Morgan fingerprint density at radius 1 is 1.25 bits per heavy atom. The van der Waals surface area contributed by atoms with Gasteiger partial charge in [-0.1, -0.05) is 18.2 Å². The number of nitriles is 1. The maximum atomic E-state index is 11.9. The fraction of sp³-hybridized carbons (Fsp3) is 0.0667. The number of rotatable bonds is 4. The normalized spacial score (nSPS) is 9.75. The molecule has 0 aliphatic carbocycles. The molecule has 5 heteroatoms. The van der Waals surface area contributed by atoms with Crippen LogP contribution in [-0.2, 0) is 4.79 Å². The highest BCUT2D eigenvalue weighted by Gasteiger charge is 2.07. The molecule has 1 amide bonds. The Kier molecular flexibility index (Phi) is 4.64. The molecule has 0 atom stereocenters. The van der Waals surface area contributed by atoms with Gasteiger partial charge in [0, 0.05) is 10.6 Å². The smallest absolute Gasteiger partial charge is 0.234 e. The van der Waals surface area contributed by atoms with Crippen molar-refractivity contribution in [3.63, 3.8) is 0 Å². The molecule has 20 heavy (non-hydrogen) atoms. The van der Waals surface area contributed by atoms with Crippen LogP contribution in [0.25, 0.3) is 0 Å². The summed E-state index contributed by atoms with van der Waals surface area (Å²) in [6.45, 7) is 0. The number of anilines is 2. The zero-order chi connectivity index (χ0) is 14.4. The number of nitrogens with one attached hydrogen (secondary N) is 1. The largest absolute Gasteiger partial charge is 0.399 e. The van der Waals surface area contributed by atoms with Crippen LogP contribution in [0.1, 0.15) is 5.56 Å². The summed E-state index contributed by atoms with van der Waals surface area (Å²) in [5, 5.41) is 11.7. The van der Waals surface area contributed by atoms with Crippen LogP contribution in [0.2, 0.25) is 0 Å². The fourth-order valence-corrected chi connectivity index (χ4v) is 2.39. The lowest BCUT2D eigenvalue weighted by Crippen LogP contribution is -2.14. The number of hydrogen-bond acceptors (Lipinski definition) is 4. The van der Waals surface area contributed by atoms with Gasteiger partial charge in [0.2, 0.25) is 5.91 Å². The molecule has 0 spiro atoms. The first-order valence-electron chi connectivity index (χ1n) is 5.96. The van der Waals surface area contributed by atoms with E-state index in [9.17, 15) is 4.79 Å². The molecular formula is C15H13N3OS. The lowest BCUT2D eigenvalue weighted by molar-refractivity contribution is -0.113. The molecule has 100 valence electrons. The van der Waals surface area contributed by atoms with E-state index in [1.54, 1.807) is 30.3 Å². The summed E-state index contributed by atoms with van der Waals surface area (Å²) in [5.74, 6) is 0.114. The van der Waals surface area contributed by atoms with E-state index < -0.39 is 0 Å². The predicted molar refractivity (Wildman–Crippen MR) is 81.4 cm³/mol. The number of amides is 1. The first-order valence-corrected chi connectivity index (χ1v) is 6.95. The second-order valence-corrected chi connectivity index (χ2v) is 5.12. The molecular weight excluding hydrogens is 270 g/mol. The van der Waals surface area contributed by atoms with Crippen LogP contribution in [-0.4, -0.2) is 11.7 Å². The van der Waals surface area contributed by atoms with Crippen molar-refractivity contribution in [2.75, 3.05) is 16.8 Å². The number of carbonyl (C=O) groups is 1. The molecule has 0 aromatic heterocycles. The van der Waals surface area contributed by atoms with E-state index in [1.807, 2.05) is 24.3 Å². The third-order valence-corrected chi connectivity index (χ3v) is 3.54. The summed E-state index contributed by atoms with van der Waals surface area (Å²) < 4.78 is 0. The fourth-order valence-electron chi connectivity index (χ4n) is 1.63. The zero-order valence-electron chi connectivity index (χ0n) is 10.7. The van der Waals surface area contributed by atoms with Crippen molar-refractivity contribution in [3.8, 4) is 6.07 Å². The van der Waals surface area contributed by atoms with Gasteiger partial charge in [0.15, 0.2) is 0 Å². The summed E-state index contributed by atoms with van der Waals surface area (Å²) in [6.07, 6.45) is 0. The molecule has 2 aromatic rings. The van der Waals surface area contributed by atoms with E-state index in [1.165, 1.54) is 11.8 Å². The standard InChI is InChI=1S/C15H13N3OS/c16-9-11-4-1-2-7-14(11)18-15(19)10-20-13-6-3-5-12(17)8-13/h1-8H,10,17H2,(H,18,19). The van der Waals surface area contributed by atoms with Crippen molar-refractivity contribution in [3.05, 3.63) is 54.1 Å². The SMILES string of the molecule is N#Cc1ccccc1NC(=O)CSc1cccc(N)c1. The van der Waals surface area contributed by atoms with Gasteiger partial charge >= 0.3 is 0 Å². The molecule has 0 unspecified atom stereocenters. The first kappa shape index (κ1) is 14.0. The van der Waals surface area contributed by atoms with Crippen molar-refractivity contribution in [1.29, 1.82) is 5.26 Å². The first-order chi connectivity index (χ1) is 9.69. The third kappa shape index (κ3) is 3.77. The van der Waals surface area contributed by atoms with Gasteiger partial charge in [-0.3, -0.25) is 4.79 Å². The molecule has 0 saturated carbocycles. The number of nitrogens with two attached hydrogens (primary N) is 1. The third-order valence-electron chi connectivity index (χ3n) is 2.55.